The number of hydrogen-bond acceptors (Lipinski definition) is 7. The highest BCUT2D eigenvalue weighted by Gasteiger charge is 2.43. The van der Waals surface area contributed by atoms with E-state index in [1.807, 2.05) is 29.2 Å². The number of para-hydroxylation sites is 1. The molecular weight excluding hydrogens is 406 g/mol. The molecule has 2 unspecified atom stereocenters. The van der Waals surface area contributed by atoms with Gasteiger partial charge in [0, 0.05) is 38.0 Å². The van der Waals surface area contributed by atoms with Gasteiger partial charge in [0.15, 0.2) is 5.58 Å². The Balaban J connectivity index is 1.18. The number of benzene rings is 2. The molecular formula is C23H19N7O2. The third-order valence-corrected chi connectivity index (χ3v) is 6.32. The van der Waals surface area contributed by atoms with Crippen LogP contribution in [0.15, 0.2) is 59.3 Å². The van der Waals surface area contributed by atoms with Crippen LogP contribution in [0, 0.1) is 23.2 Å². The normalized spacial score (nSPS) is 20.0. The van der Waals surface area contributed by atoms with Gasteiger partial charge < -0.3 is 14.2 Å². The van der Waals surface area contributed by atoms with Crippen molar-refractivity contribution in [1.82, 2.24) is 24.9 Å². The Morgan fingerprint density at radius 2 is 1.78 bits per heavy atom. The third-order valence-electron chi connectivity index (χ3n) is 6.32. The standard InChI is InChI=1S/C23H19N7O2/c24-10-15-5-6-21-19(9-15)27-23(32-21)29-13-16-11-28(12-17(16)14-29)22(31)18-3-1-2-4-20(18)30-25-7-8-26-30/h1-9,16-17H,11-14H2. The van der Waals surface area contributed by atoms with E-state index in [1.54, 1.807) is 30.6 Å². The van der Waals surface area contributed by atoms with Crippen molar-refractivity contribution in [3.63, 3.8) is 0 Å². The van der Waals surface area contributed by atoms with Gasteiger partial charge in [-0.3, -0.25) is 4.79 Å². The van der Waals surface area contributed by atoms with Gasteiger partial charge in [-0.25, -0.2) is 0 Å². The first kappa shape index (κ1) is 18.6. The summed E-state index contributed by atoms with van der Waals surface area (Å²) in [6.07, 6.45) is 3.20. The zero-order valence-corrected chi connectivity index (χ0v) is 17.1. The van der Waals surface area contributed by atoms with E-state index >= 15 is 0 Å². The average molecular weight is 425 g/mol. The first-order chi connectivity index (χ1) is 15.7. The minimum atomic E-state index is 0.00439. The van der Waals surface area contributed by atoms with Crippen LogP contribution >= 0.6 is 0 Å². The Bertz CT molecular complexity index is 1340. The van der Waals surface area contributed by atoms with Gasteiger partial charge >= 0.3 is 0 Å². The lowest BCUT2D eigenvalue weighted by atomic mass is 10.0. The Kier molecular flexibility index (Phi) is 4.18. The van der Waals surface area contributed by atoms with Crippen LogP contribution in [0.25, 0.3) is 16.8 Å². The summed E-state index contributed by atoms with van der Waals surface area (Å²) in [4.78, 5) is 23.5. The number of fused-ring (bicyclic) bond motifs is 2. The van der Waals surface area contributed by atoms with Crippen molar-refractivity contribution >= 4 is 23.0 Å². The van der Waals surface area contributed by atoms with Crippen molar-refractivity contribution in [2.24, 2.45) is 11.8 Å². The number of oxazole rings is 1. The van der Waals surface area contributed by atoms with E-state index in [0.717, 1.165) is 13.1 Å². The summed E-state index contributed by atoms with van der Waals surface area (Å²) in [5.41, 5.74) is 3.22. The summed E-state index contributed by atoms with van der Waals surface area (Å²) < 4.78 is 5.93. The Hall–Kier alpha value is -4.19. The monoisotopic (exact) mass is 425 g/mol. The Morgan fingerprint density at radius 3 is 2.53 bits per heavy atom. The fourth-order valence-corrected chi connectivity index (χ4v) is 4.77. The second kappa shape index (κ2) is 7.20. The van der Waals surface area contributed by atoms with Crippen molar-refractivity contribution in [1.29, 1.82) is 5.26 Å². The first-order valence-electron chi connectivity index (χ1n) is 10.5. The van der Waals surface area contributed by atoms with Crippen molar-refractivity contribution < 1.29 is 9.21 Å². The molecule has 2 aliphatic heterocycles. The lowest BCUT2D eigenvalue weighted by molar-refractivity contribution is 0.0782. The summed E-state index contributed by atoms with van der Waals surface area (Å²) in [6, 6.07) is 15.4. The van der Waals surface area contributed by atoms with Crippen LogP contribution in [-0.2, 0) is 0 Å². The largest absolute Gasteiger partial charge is 0.423 e. The van der Waals surface area contributed by atoms with Crippen LogP contribution in [0.5, 0.6) is 0 Å². The summed E-state index contributed by atoms with van der Waals surface area (Å²) >= 11 is 0. The SMILES string of the molecule is N#Cc1ccc2oc(N3CC4CN(C(=O)c5ccccc5-n5nccn5)CC4C3)nc2c1. The zero-order valence-electron chi connectivity index (χ0n) is 17.1. The van der Waals surface area contributed by atoms with E-state index in [-0.39, 0.29) is 5.91 Å². The maximum atomic E-state index is 13.3. The number of carbonyl (C=O) groups excluding carboxylic acids is 1. The highest BCUT2D eigenvalue weighted by atomic mass is 16.4. The van der Waals surface area contributed by atoms with Crippen molar-refractivity contribution in [3.05, 3.63) is 66.0 Å². The molecule has 4 aromatic rings. The predicted octanol–water partition coefficient (Wildman–Crippen LogP) is 2.49. The van der Waals surface area contributed by atoms with Crippen LogP contribution < -0.4 is 4.90 Å². The molecule has 2 aromatic carbocycles. The second-order valence-electron chi connectivity index (χ2n) is 8.26. The smallest absolute Gasteiger partial charge is 0.298 e. The molecule has 0 saturated carbocycles. The van der Waals surface area contributed by atoms with Gasteiger partial charge in [-0.05, 0) is 30.3 Å². The van der Waals surface area contributed by atoms with E-state index in [0.29, 0.717) is 58.9 Å². The van der Waals surface area contributed by atoms with E-state index in [2.05, 4.69) is 26.2 Å². The van der Waals surface area contributed by atoms with Crippen LogP contribution in [0.3, 0.4) is 0 Å². The van der Waals surface area contributed by atoms with Gasteiger partial charge in [0.2, 0.25) is 0 Å². The van der Waals surface area contributed by atoms with E-state index in [1.165, 1.54) is 4.80 Å². The number of carbonyl (C=O) groups is 1. The quantitative estimate of drug-likeness (QED) is 0.497. The molecule has 9 heteroatoms. The van der Waals surface area contributed by atoms with Gasteiger partial charge in [-0.15, -0.1) is 0 Å². The third kappa shape index (κ3) is 3.00. The number of hydrogen-bond donors (Lipinski definition) is 0. The minimum Gasteiger partial charge on any atom is -0.423 e. The number of likely N-dealkylation sites (tertiary alicyclic amines) is 1. The number of rotatable bonds is 3. The molecule has 158 valence electrons. The van der Waals surface area contributed by atoms with Gasteiger partial charge in [-0.1, -0.05) is 12.1 Å². The lowest BCUT2D eigenvalue weighted by Crippen LogP contribution is -2.34. The minimum absolute atomic E-state index is 0.00439. The van der Waals surface area contributed by atoms with Gasteiger partial charge in [0.1, 0.15) is 5.52 Å². The highest BCUT2D eigenvalue weighted by Crippen LogP contribution is 2.35. The molecule has 0 aliphatic carbocycles. The fraction of sp³-hybridized carbons (Fsp3) is 0.261. The number of amides is 1. The van der Waals surface area contributed by atoms with Crippen LogP contribution in [-0.4, -0.2) is 57.0 Å². The molecule has 2 atom stereocenters. The van der Waals surface area contributed by atoms with Crippen molar-refractivity contribution in [2.45, 2.75) is 0 Å². The molecule has 2 fully saturated rings. The topological polar surface area (TPSA) is 104 Å². The maximum absolute atomic E-state index is 13.3. The Morgan fingerprint density at radius 1 is 1.03 bits per heavy atom. The van der Waals surface area contributed by atoms with Gasteiger partial charge in [0.25, 0.3) is 11.9 Å². The molecule has 1 amide bonds. The number of nitriles is 1. The summed E-state index contributed by atoms with van der Waals surface area (Å²) in [5, 5.41) is 17.4. The molecule has 2 saturated heterocycles. The van der Waals surface area contributed by atoms with Crippen molar-refractivity contribution in [3.8, 4) is 11.8 Å². The van der Waals surface area contributed by atoms with Crippen molar-refractivity contribution in [2.75, 3.05) is 31.1 Å². The zero-order chi connectivity index (χ0) is 21.7. The second-order valence-corrected chi connectivity index (χ2v) is 8.26. The predicted molar refractivity (Wildman–Crippen MR) is 115 cm³/mol. The summed E-state index contributed by atoms with van der Waals surface area (Å²) in [5.74, 6) is 0.724. The molecule has 2 aromatic heterocycles. The van der Waals surface area contributed by atoms with Crippen LogP contribution in [0.4, 0.5) is 6.01 Å². The van der Waals surface area contributed by atoms with E-state index in [9.17, 15) is 4.79 Å². The maximum Gasteiger partial charge on any atom is 0.298 e. The first-order valence-corrected chi connectivity index (χ1v) is 10.5. The van der Waals surface area contributed by atoms with E-state index in [4.69, 9.17) is 9.68 Å². The van der Waals surface area contributed by atoms with Crippen LogP contribution in [0.1, 0.15) is 15.9 Å². The number of anilines is 1. The van der Waals surface area contributed by atoms with Gasteiger partial charge in [-0.2, -0.15) is 25.2 Å². The number of aromatic nitrogens is 4. The molecule has 0 bridgehead atoms. The lowest BCUT2D eigenvalue weighted by Gasteiger charge is -2.21. The number of nitrogens with zero attached hydrogens (tertiary/aromatic N) is 7. The fourth-order valence-electron chi connectivity index (χ4n) is 4.77. The molecule has 2 aliphatic rings. The average Bonchev–Trinajstić information content (AvgIpc) is 3.60. The summed E-state index contributed by atoms with van der Waals surface area (Å²) in [6.45, 7) is 2.96. The van der Waals surface area contributed by atoms with Crippen LogP contribution in [0.2, 0.25) is 0 Å². The highest BCUT2D eigenvalue weighted by molar-refractivity contribution is 5.98. The van der Waals surface area contributed by atoms with Gasteiger partial charge in [0.05, 0.1) is 35.3 Å². The molecule has 32 heavy (non-hydrogen) atoms. The molecule has 9 nitrogen and oxygen atoms in total. The molecule has 6 rings (SSSR count). The molecule has 0 N–H and O–H groups in total. The van der Waals surface area contributed by atoms with E-state index < -0.39 is 0 Å². The Labute approximate surface area is 183 Å². The summed E-state index contributed by atoms with van der Waals surface area (Å²) in [7, 11) is 0. The molecule has 4 heterocycles. The molecule has 0 radical (unpaired) electrons. The molecule has 0 spiro atoms.